The Morgan fingerprint density at radius 2 is 1.10 bits per heavy atom. The molecule has 4 aromatic rings. The Hall–Kier alpha value is -6.14. The van der Waals surface area contributed by atoms with Gasteiger partial charge in [0.2, 0.25) is 11.8 Å². The van der Waals surface area contributed by atoms with Gasteiger partial charge in [-0.1, -0.05) is 86.1 Å². The van der Waals surface area contributed by atoms with Crippen molar-refractivity contribution in [1.29, 1.82) is 0 Å². The van der Waals surface area contributed by atoms with E-state index in [4.69, 9.17) is 14.2 Å². The zero-order chi connectivity index (χ0) is 52.2. The average molecular weight is 1020 g/mol. The number of rotatable bonds is 25. The molecule has 0 fully saturated rings. The molecule has 6 amide bonds. The molecule has 0 spiro atoms. The molecule has 0 saturated carbocycles. The Balaban J connectivity index is 0.000000377. The molecular formula is C53H76N6O10S2. The predicted octanol–water partition coefficient (Wildman–Crippen LogP) is 10.8. The molecule has 0 aliphatic heterocycles. The molecule has 0 aliphatic carbocycles. The van der Waals surface area contributed by atoms with Crippen LogP contribution in [0.3, 0.4) is 0 Å². The maximum atomic E-state index is 13.5. The quantitative estimate of drug-likeness (QED) is 0.0366. The van der Waals surface area contributed by atoms with Crippen LogP contribution in [0.5, 0.6) is 0 Å². The fourth-order valence-corrected chi connectivity index (χ4v) is 8.43. The molecule has 0 radical (unpaired) electrons. The molecular weight excluding hydrogens is 945 g/mol. The summed E-state index contributed by atoms with van der Waals surface area (Å²) in [5.41, 5.74) is 0.489. The second-order valence-electron chi connectivity index (χ2n) is 19.0. The van der Waals surface area contributed by atoms with Gasteiger partial charge in [0.05, 0.1) is 13.1 Å². The molecule has 2 aromatic heterocycles. The molecule has 0 saturated heterocycles. The molecule has 390 valence electrons. The van der Waals surface area contributed by atoms with E-state index in [1.165, 1.54) is 4.90 Å². The third-order valence-electron chi connectivity index (χ3n) is 10.4. The van der Waals surface area contributed by atoms with Gasteiger partial charge >= 0.3 is 24.4 Å². The number of unbranched alkanes of at least 4 members (excludes halogenated alkanes) is 3. The van der Waals surface area contributed by atoms with Crippen LogP contribution in [0, 0.1) is 0 Å². The third kappa shape index (κ3) is 25.5. The summed E-state index contributed by atoms with van der Waals surface area (Å²) in [5.74, 6) is -0.332. The highest BCUT2D eigenvalue weighted by molar-refractivity contribution is 7.10. The lowest BCUT2D eigenvalue weighted by Gasteiger charge is -2.29. The summed E-state index contributed by atoms with van der Waals surface area (Å²) in [6.07, 6.45) is 2.33. The van der Waals surface area contributed by atoms with E-state index in [0.717, 1.165) is 33.7 Å². The lowest BCUT2D eigenvalue weighted by Crippen LogP contribution is -2.49. The van der Waals surface area contributed by atoms with Gasteiger partial charge in [0.25, 0.3) is 0 Å². The second kappa shape index (κ2) is 31.2. The van der Waals surface area contributed by atoms with Crippen LogP contribution in [-0.2, 0) is 50.0 Å². The SMILES string of the molecule is CCCCN(Cc1cccs1)C(=O)[C@H](CCCCNC(=O)OCc1ccccc1)NC(=O)OC(C)(C)C.CN(Cc1cccs1)C(=O)[C@H](CCCCN(Cc1ccccc1)C(=O)O)NC(=O)OC(C)(C)C. The number of hydrogen-bond acceptors (Lipinski definition) is 11. The van der Waals surface area contributed by atoms with Crippen molar-refractivity contribution >= 4 is 58.9 Å². The third-order valence-corrected chi connectivity index (χ3v) is 12.1. The van der Waals surface area contributed by atoms with Crippen molar-refractivity contribution in [3.63, 3.8) is 0 Å². The highest BCUT2D eigenvalue weighted by Crippen LogP contribution is 2.18. The van der Waals surface area contributed by atoms with Crippen molar-refractivity contribution in [1.82, 2.24) is 30.7 Å². The Morgan fingerprint density at radius 1 is 0.592 bits per heavy atom. The normalized spacial score (nSPS) is 11.9. The Labute approximate surface area is 428 Å². The van der Waals surface area contributed by atoms with Crippen LogP contribution < -0.4 is 16.0 Å². The molecule has 0 unspecified atom stereocenters. The Kier molecular flexibility index (Phi) is 26.0. The molecule has 4 N–H and O–H groups in total. The molecule has 2 aromatic carbocycles. The summed E-state index contributed by atoms with van der Waals surface area (Å²) in [6.45, 7) is 15.6. The van der Waals surface area contributed by atoms with Crippen molar-refractivity contribution in [2.24, 2.45) is 0 Å². The number of nitrogens with zero attached hydrogens (tertiary/aromatic N) is 3. The van der Waals surface area contributed by atoms with Gasteiger partial charge in [0.1, 0.15) is 29.9 Å². The van der Waals surface area contributed by atoms with Crippen LogP contribution in [0.1, 0.15) is 121 Å². The summed E-state index contributed by atoms with van der Waals surface area (Å²) in [6, 6.07) is 25.3. The number of amides is 6. The maximum Gasteiger partial charge on any atom is 0.408 e. The topological polar surface area (TPSA) is 196 Å². The second-order valence-corrected chi connectivity index (χ2v) is 21.1. The van der Waals surface area contributed by atoms with E-state index in [1.54, 1.807) is 76.2 Å². The van der Waals surface area contributed by atoms with E-state index in [1.807, 2.05) is 101 Å². The van der Waals surface area contributed by atoms with Crippen molar-refractivity contribution < 1.29 is 48.1 Å². The number of thiophene rings is 2. The fourth-order valence-electron chi connectivity index (χ4n) is 6.96. The van der Waals surface area contributed by atoms with Gasteiger partial charge in [-0.25, -0.2) is 19.2 Å². The molecule has 2 heterocycles. The molecule has 71 heavy (non-hydrogen) atoms. The molecule has 0 aliphatic rings. The maximum absolute atomic E-state index is 13.5. The number of benzene rings is 2. The van der Waals surface area contributed by atoms with E-state index in [2.05, 4.69) is 22.9 Å². The number of nitrogens with one attached hydrogen (secondary N) is 3. The van der Waals surface area contributed by atoms with E-state index in [0.29, 0.717) is 77.8 Å². The van der Waals surface area contributed by atoms with Gasteiger partial charge in [0.15, 0.2) is 0 Å². The standard InChI is InChI=1S/C28H41N3O5S.C25H35N3O5S/c1-5-6-18-31(20-23-15-12-19-37-23)25(32)24(30-27(34)36-28(2,3)4)16-10-11-17-29-26(33)35-21-22-13-8-7-9-14-22;1-25(2,3)33-23(30)26-21(22(29)27(4)18-20-13-10-16-34-20)14-8-9-15-28(24(31)32)17-19-11-6-5-7-12-19/h7-9,12-15,19,24H,5-6,10-11,16-18,20-21H2,1-4H3,(H,29,33)(H,30,34);5-7,10-13,16,21H,8-9,14-15,17-18H2,1-4H3,(H,26,30)(H,31,32)/t24-;21-/m00/s1. The molecule has 4 rings (SSSR count). The Bertz CT molecular complexity index is 2160. The van der Waals surface area contributed by atoms with Crippen LogP contribution >= 0.6 is 22.7 Å². The van der Waals surface area contributed by atoms with Gasteiger partial charge in [-0.15, -0.1) is 22.7 Å². The number of alkyl carbamates (subject to hydrolysis) is 3. The van der Waals surface area contributed by atoms with Crippen LogP contribution in [0.15, 0.2) is 95.7 Å². The van der Waals surface area contributed by atoms with Crippen molar-refractivity contribution in [3.8, 4) is 0 Å². The largest absolute Gasteiger partial charge is 0.465 e. The molecule has 2 atom stereocenters. The van der Waals surface area contributed by atoms with Crippen LogP contribution in [-0.4, -0.2) is 106 Å². The number of carboxylic acid groups (broad SMARTS) is 1. The smallest absolute Gasteiger partial charge is 0.408 e. The van der Waals surface area contributed by atoms with Crippen LogP contribution in [0.2, 0.25) is 0 Å². The zero-order valence-corrected chi connectivity index (χ0v) is 44.4. The van der Waals surface area contributed by atoms with Crippen LogP contribution in [0.25, 0.3) is 0 Å². The number of carbonyl (C=O) groups excluding carboxylic acids is 5. The van der Waals surface area contributed by atoms with Gasteiger partial charge in [-0.2, -0.15) is 0 Å². The first-order valence-electron chi connectivity index (χ1n) is 24.3. The Morgan fingerprint density at radius 3 is 1.61 bits per heavy atom. The lowest BCUT2D eigenvalue weighted by atomic mass is 10.1. The predicted molar refractivity (Wildman–Crippen MR) is 279 cm³/mol. The fraction of sp³-hybridized carbons (Fsp3) is 0.509. The summed E-state index contributed by atoms with van der Waals surface area (Å²) >= 11 is 3.17. The first-order valence-corrected chi connectivity index (χ1v) is 26.0. The average Bonchev–Trinajstić information content (AvgIpc) is 4.04. The first-order chi connectivity index (χ1) is 33.7. The first kappa shape index (κ1) is 59.2. The van der Waals surface area contributed by atoms with Crippen molar-refractivity contribution in [3.05, 3.63) is 117 Å². The summed E-state index contributed by atoms with van der Waals surface area (Å²) in [5, 5.41) is 21.7. The van der Waals surface area contributed by atoms with Crippen molar-refractivity contribution in [2.45, 2.75) is 149 Å². The van der Waals surface area contributed by atoms with Crippen LogP contribution in [0.4, 0.5) is 19.2 Å². The minimum atomic E-state index is -0.987. The molecule has 18 heteroatoms. The van der Waals surface area contributed by atoms with E-state index >= 15 is 0 Å². The van der Waals surface area contributed by atoms with E-state index in [-0.39, 0.29) is 18.4 Å². The van der Waals surface area contributed by atoms with Crippen molar-refractivity contribution in [2.75, 3.05) is 26.7 Å². The van der Waals surface area contributed by atoms with Gasteiger partial charge in [-0.3, -0.25) is 9.59 Å². The summed E-state index contributed by atoms with van der Waals surface area (Å²) < 4.78 is 16.0. The number of likely N-dealkylation sites (N-methyl/N-ethyl adjacent to an activating group) is 1. The minimum absolute atomic E-state index is 0.122. The molecule has 16 nitrogen and oxygen atoms in total. The summed E-state index contributed by atoms with van der Waals surface area (Å²) in [4.78, 5) is 82.1. The minimum Gasteiger partial charge on any atom is -0.465 e. The van der Waals surface area contributed by atoms with Gasteiger partial charge in [-0.05, 0) is 121 Å². The summed E-state index contributed by atoms with van der Waals surface area (Å²) in [7, 11) is 1.71. The van der Waals surface area contributed by atoms with E-state index in [9.17, 15) is 33.9 Å². The monoisotopic (exact) mass is 1020 g/mol. The number of ether oxygens (including phenoxy) is 3. The highest BCUT2D eigenvalue weighted by Gasteiger charge is 2.29. The molecule has 0 bridgehead atoms. The highest BCUT2D eigenvalue weighted by atomic mass is 32.1. The lowest BCUT2D eigenvalue weighted by molar-refractivity contribution is -0.134. The van der Waals surface area contributed by atoms with E-state index < -0.39 is 47.7 Å². The number of carbonyl (C=O) groups is 6. The number of hydrogen-bond donors (Lipinski definition) is 4. The van der Waals surface area contributed by atoms with Gasteiger partial charge < -0.3 is 50.0 Å². The van der Waals surface area contributed by atoms with Gasteiger partial charge in [0, 0.05) is 43.0 Å². The zero-order valence-electron chi connectivity index (χ0n) is 42.8.